The van der Waals surface area contributed by atoms with Crippen molar-refractivity contribution >= 4 is 28.9 Å². The van der Waals surface area contributed by atoms with Gasteiger partial charge in [0.05, 0.1) is 17.3 Å². The molecule has 1 aromatic heterocycles. The summed E-state index contributed by atoms with van der Waals surface area (Å²) < 4.78 is 5.90. The van der Waals surface area contributed by atoms with Crippen molar-refractivity contribution in [3.05, 3.63) is 39.9 Å². The Morgan fingerprint density at radius 1 is 1.25 bits per heavy atom. The van der Waals surface area contributed by atoms with E-state index in [0.717, 1.165) is 43.2 Å². The minimum Gasteiger partial charge on any atom is -0.474 e. The van der Waals surface area contributed by atoms with Crippen LogP contribution in [0.15, 0.2) is 24.3 Å². The van der Waals surface area contributed by atoms with Crippen LogP contribution in [0.25, 0.3) is 11.3 Å². The van der Waals surface area contributed by atoms with E-state index in [1.165, 1.54) is 11.3 Å². The molecule has 4 nitrogen and oxygen atoms in total. The Morgan fingerprint density at radius 2 is 2.17 bits per heavy atom. The number of halogens is 2. The summed E-state index contributed by atoms with van der Waals surface area (Å²) in [6.07, 6.45) is 1.16. The van der Waals surface area contributed by atoms with Crippen LogP contribution in [-0.2, 0) is 0 Å². The molecular weight excluding hydrogens is 345 g/mol. The number of fused-ring (bicyclic) bond motifs is 3. The highest BCUT2D eigenvalue weighted by Gasteiger charge is 2.43. The molecule has 2 atom stereocenters. The van der Waals surface area contributed by atoms with Gasteiger partial charge in [0.15, 0.2) is 0 Å². The van der Waals surface area contributed by atoms with Gasteiger partial charge in [-0.3, -0.25) is 0 Å². The summed E-state index contributed by atoms with van der Waals surface area (Å²) in [7, 11) is 0. The van der Waals surface area contributed by atoms with Gasteiger partial charge in [0.2, 0.25) is 5.88 Å². The third-order valence-electron chi connectivity index (χ3n) is 5.30. The lowest BCUT2D eigenvalue weighted by Crippen LogP contribution is -2.46. The zero-order chi connectivity index (χ0) is 16.3. The molecule has 3 aliphatic heterocycles. The van der Waals surface area contributed by atoms with Crippen LogP contribution in [0, 0.1) is 0 Å². The van der Waals surface area contributed by atoms with Crippen LogP contribution in [0.5, 0.6) is 5.88 Å². The molecule has 6 heteroatoms. The van der Waals surface area contributed by atoms with E-state index in [1.54, 1.807) is 6.07 Å². The molecule has 0 radical (unpaired) electrons. The molecule has 5 rings (SSSR count). The predicted octanol–water partition coefficient (Wildman–Crippen LogP) is 3.71. The Morgan fingerprint density at radius 3 is 3.04 bits per heavy atom. The lowest BCUT2D eigenvalue weighted by molar-refractivity contribution is 0.285. The number of anilines is 1. The van der Waals surface area contributed by atoms with E-state index in [9.17, 15) is 0 Å². The van der Waals surface area contributed by atoms with Crippen LogP contribution in [-0.4, -0.2) is 37.3 Å². The average molecular weight is 362 g/mol. The number of piperidine rings is 1. The Labute approximate surface area is 150 Å². The van der Waals surface area contributed by atoms with Crippen LogP contribution in [0.1, 0.15) is 17.9 Å². The molecule has 2 aromatic rings. The maximum absolute atomic E-state index is 6.40. The molecule has 1 saturated heterocycles. The molecule has 4 heterocycles. The number of benzene rings is 1. The fraction of sp³-hybridized carbons (Fsp3) is 0.389. The highest BCUT2D eigenvalue weighted by molar-refractivity contribution is 6.36. The number of hydrogen-bond acceptors (Lipinski definition) is 4. The van der Waals surface area contributed by atoms with Gasteiger partial charge in [0.1, 0.15) is 12.3 Å². The molecule has 0 amide bonds. The van der Waals surface area contributed by atoms with E-state index in [0.29, 0.717) is 28.6 Å². The molecule has 24 heavy (non-hydrogen) atoms. The number of ether oxygens (including phenoxy) is 1. The summed E-state index contributed by atoms with van der Waals surface area (Å²) in [6, 6.07) is 8.28. The highest BCUT2D eigenvalue weighted by atomic mass is 35.5. The molecule has 1 N–H and O–H groups in total. The third-order valence-corrected chi connectivity index (χ3v) is 5.85. The second-order valence-electron chi connectivity index (χ2n) is 6.58. The smallest absolute Gasteiger partial charge is 0.238 e. The van der Waals surface area contributed by atoms with E-state index in [1.807, 2.05) is 12.1 Å². The number of rotatable bonds is 1. The van der Waals surface area contributed by atoms with Gasteiger partial charge in [0.25, 0.3) is 0 Å². The summed E-state index contributed by atoms with van der Waals surface area (Å²) >= 11 is 12.4. The fourth-order valence-electron chi connectivity index (χ4n) is 4.26. The second-order valence-corrected chi connectivity index (χ2v) is 7.43. The average Bonchev–Trinajstić information content (AvgIpc) is 2.91. The van der Waals surface area contributed by atoms with Crippen molar-refractivity contribution in [1.82, 2.24) is 10.3 Å². The molecule has 124 valence electrons. The zero-order valence-electron chi connectivity index (χ0n) is 13.1. The molecule has 0 aliphatic carbocycles. The van der Waals surface area contributed by atoms with Gasteiger partial charge in [-0.2, -0.15) is 0 Å². The van der Waals surface area contributed by atoms with Gasteiger partial charge in [-0.15, -0.1) is 0 Å². The summed E-state index contributed by atoms with van der Waals surface area (Å²) in [5.41, 5.74) is 4.28. The standard InChI is InChI=1S/C18H17Cl2N3O/c19-10-1-2-11(14(20)7-10)15-8-12-13-9-21-4-3-16(13)23-5-6-24-18(22-15)17(12)23/h1-2,7-8,13,16,21H,3-6,9H2. The number of nitrogens with one attached hydrogen (secondary N) is 1. The third kappa shape index (κ3) is 2.13. The summed E-state index contributed by atoms with van der Waals surface area (Å²) in [6.45, 7) is 3.72. The molecule has 2 unspecified atom stereocenters. The van der Waals surface area contributed by atoms with Crippen molar-refractivity contribution in [3.63, 3.8) is 0 Å². The fourth-order valence-corrected chi connectivity index (χ4v) is 4.77. The number of nitrogens with zero attached hydrogens (tertiary/aromatic N) is 2. The molecule has 3 aliphatic rings. The number of pyridine rings is 1. The second kappa shape index (κ2) is 5.51. The van der Waals surface area contributed by atoms with Crippen LogP contribution in [0.2, 0.25) is 10.0 Å². The SMILES string of the molecule is Clc1ccc(-c2cc3c4c(n2)OCCN4C2CCNCC32)c(Cl)c1. The van der Waals surface area contributed by atoms with Crippen molar-refractivity contribution in [3.8, 4) is 17.1 Å². The molecule has 1 fully saturated rings. The Kier molecular flexibility index (Phi) is 3.40. The van der Waals surface area contributed by atoms with Crippen molar-refractivity contribution < 1.29 is 4.74 Å². The molecular formula is C18H17Cl2N3O. The monoisotopic (exact) mass is 361 g/mol. The van der Waals surface area contributed by atoms with Crippen LogP contribution < -0.4 is 15.0 Å². The van der Waals surface area contributed by atoms with Crippen LogP contribution >= 0.6 is 23.2 Å². The van der Waals surface area contributed by atoms with Gasteiger partial charge in [-0.25, -0.2) is 4.98 Å². The van der Waals surface area contributed by atoms with Crippen LogP contribution in [0.4, 0.5) is 5.69 Å². The van der Waals surface area contributed by atoms with Gasteiger partial charge in [-0.1, -0.05) is 23.2 Å². The lowest BCUT2D eigenvalue weighted by atomic mass is 9.90. The first-order valence-electron chi connectivity index (χ1n) is 8.33. The van der Waals surface area contributed by atoms with Crippen molar-refractivity contribution in [2.75, 3.05) is 31.1 Å². The Hall–Kier alpha value is -1.49. The minimum absolute atomic E-state index is 0.488. The molecule has 0 spiro atoms. The summed E-state index contributed by atoms with van der Waals surface area (Å²) in [4.78, 5) is 7.27. The first-order valence-corrected chi connectivity index (χ1v) is 9.08. The summed E-state index contributed by atoms with van der Waals surface area (Å²) in [5.74, 6) is 1.23. The number of aromatic nitrogens is 1. The van der Waals surface area contributed by atoms with Gasteiger partial charge in [0, 0.05) is 29.1 Å². The Balaban J connectivity index is 1.68. The topological polar surface area (TPSA) is 37.4 Å². The normalized spacial score (nSPS) is 24.3. The van der Waals surface area contributed by atoms with Gasteiger partial charge in [-0.05, 0) is 42.8 Å². The van der Waals surface area contributed by atoms with Gasteiger partial charge >= 0.3 is 0 Å². The summed E-state index contributed by atoms with van der Waals surface area (Å²) in [5, 5.41) is 4.77. The van der Waals surface area contributed by atoms with Crippen LogP contribution in [0.3, 0.4) is 0 Å². The predicted molar refractivity (Wildman–Crippen MR) is 96.5 cm³/mol. The molecule has 0 bridgehead atoms. The van der Waals surface area contributed by atoms with E-state index < -0.39 is 0 Å². The Bertz CT molecular complexity index is 826. The maximum atomic E-state index is 6.40. The first kappa shape index (κ1) is 14.8. The van der Waals surface area contributed by atoms with Crippen molar-refractivity contribution in [1.29, 1.82) is 0 Å². The van der Waals surface area contributed by atoms with Gasteiger partial charge < -0.3 is 15.0 Å². The van der Waals surface area contributed by atoms with E-state index in [-0.39, 0.29) is 0 Å². The highest BCUT2D eigenvalue weighted by Crippen LogP contribution is 2.50. The maximum Gasteiger partial charge on any atom is 0.238 e. The molecule has 0 saturated carbocycles. The van der Waals surface area contributed by atoms with E-state index in [2.05, 4.69) is 16.3 Å². The lowest BCUT2D eigenvalue weighted by Gasteiger charge is -2.35. The first-order chi connectivity index (χ1) is 11.7. The van der Waals surface area contributed by atoms with Crippen molar-refractivity contribution in [2.45, 2.75) is 18.4 Å². The van der Waals surface area contributed by atoms with E-state index in [4.69, 9.17) is 32.9 Å². The van der Waals surface area contributed by atoms with E-state index >= 15 is 0 Å². The zero-order valence-corrected chi connectivity index (χ0v) is 14.6. The number of hydrogen-bond donors (Lipinski definition) is 1. The molecule has 1 aromatic carbocycles. The quantitative estimate of drug-likeness (QED) is 0.839. The largest absolute Gasteiger partial charge is 0.474 e. The minimum atomic E-state index is 0.488. The van der Waals surface area contributed by atoms with Crippen molar-refractivity contribution in [2.24, 2.45) is 0 Å².